The summed E-state index contributed by atoms with van der Waals surface area (Å²) >= 11 is 0. The van der Waals surface area contributed by atoms with Crippen molar-refractivity contribution in [1.29, 1.82) is 0 Å². The maximum absolute atomic E-state index is 13.2. The van der Waals surface area contributed by atoms with Crippen LogP contribution in [0, 0.1) is 5.92 Å². The van der Waals surface area contributed by atoms with Gasteiger partial charge < -0.3 is 15.2 Å². The van der Waals surface area contributed by atoms with Gasteiger partial charge in [-0.25, -0.2) is 8.42 Å². The number of rotatable bonds is 6. The van der Waals surface area contributed by atoms with Gasteiger partial charge in [0.15, 0.2) is 5.78 Å². The number of aromatic amines is 1. The van der Waals surface area contributed by atoms with E-state index in [1.807, 2.05) is 0 Å². The van der Waals surface area contributed by atoms with Gasteiger partial charge in [-0.3, -0.25) is 14.4 Å². The molecule has 0 spiro atoms. The van der Waals surface area contributed by atoms with E-state index in [1.54, 1.807) is 29.2 Å². The molecule has 2 N–H and O–H groups in total. The number of H-pyrrole nitrogens is 1. The van der Waals surface area contributed by atoms with Gasteiger partial charge in [0.1, 0.15) is 10.6 Å². The van der Waals surface area contributed by atoms with Crippen LogP contribution in [-0.4, -0.2) is 66.4 Å². The first-order valence-electron chi connectivity index (χ1n) is 11.2. The number of sulfonamides is 1. The van der Waals surface area contributed by atoms with Gasteiger partial charge >= 0.3 is 0 Å². The normalized spacial score (nSPS) is 19.4. The van der Waals surface area contributed by atoms with Crippen molar-refractivity contribution in [1.82, 2.24) is 14.2 Å². The van der Waals surface area contributed by atoms with E-state index in [1.165, 1.54) is 23.5 Å². The third-order valence-corrected chi connectivity index (χ3v) is 8.07. The lowest BCUT2D eigenvalue weighted by Crippen LogP contribution is -2.43. The summed E-state index contributed by atoms with van der Waals surface area (Å²) in [5, 5.41) is 2.81. The van der Waals surface area contributed by atoms with E-state index in [4.69, 9.17) is 0 Å². The number of aromatic nitrogens is 1. The van der Waals surface area contributed by atoms with E-state index < -0.39 is 15.9 Å². The summed E-state index contributed by atoms with van der Waals surface area (Å²) in [6, 6.07) is 7.98. The average Bonchev–Trinajstić information content (AvgIpc) is 3.52. The minimum Gasteiger partial charge on any atom is -0.356 e. The van der Waals surface area contributed by atoms with E-state index in [0.717, 1.165) is 12.8 Å². The molecule has 2 amide bonds. The van der Waals surface area contributed by atoms with Crippen molar-refractivity contribution < 1.29 is 22.8 Å². The van der Waals surface area contributed by atoms with Crippen LogP contribution in [0.4, 0.5) is 5.69 Å². The number of ketones is 1. The molecular formula is C23H28N4O5S. The molecule has 4 rings (SSSR count). The fourth-order valence-electron chi connectivity index (χ4n) is 4.29. The summed E-state index contributed by atoms with van der Waals surface area (Å²) in [4.78, 5) is 41.3. The molecule has 2 saturated heterocycles. The van der Waals surface area contributed by atoms with Crippen molar-refractivity contribution in [3.63, 3.8) is 0 Å². The minimum atomic E-state index is -3.84. The molecule has 1 aromatic carbocycles. The molecule has 10 heteroatoms. The van der Waals surface area contributed by atoms with Gasteiger partial charge in [-0.15, -0.1) is 0 Å². The Labute approximate surface area is 193 Å². The van der Waals surface area contributed by atoms with Gasteiger partial charge in [-0.2, -0.15) is 4.31 Å². The first-order chi connectivity index (χ1) is 15.8. The number of hydrogen-bond acceptors (Lipinski definition) is 5. The minimum absolute atomic E-state index is 0.0333. The number of carbonyl (C=O) groups is 3. The highest BCUT2D eigenvalue weighted by atomic mass is 32.2. The molecule has 0 saturated carbocycles. The first-order valence-corrected chi connectivity index (χ1v) is 12.6. The van der Waals surface area contributed by atoms with Gasteiger partial charge in [-0.05, 0) is 62.9 Å². The molecule has 2 aliphatic rings. The smallest absolute Gasteiger partial charge is 0.270 e. The Morgan fingerprint density at radius 1 is 1.03 bits per heavy atom. The van der Waals surface area contributed by atoms with E-state index in [2.05, 4.69) is 10.3 Å². The third kappa shape index (κ3) is 5.01. The maximum Gasteiger partial charge on any atom is 0.270 e. The van der Waals surface area contributed by atoms with Gasteiger partial charge in [0.05, 0.1) is 5.92 Å². The fourth-order valence-corrected chi connectivity index (χ4v) is 5.81. The number of hydrogen-bond donors (Lipinski definition) is 2. The number of likely N-dealkylation sites (tertiary alicyclic amines) is 1. The molecule has 0 bridgehead atoms. The average molecular weight is 473 g/mol. The van der Waals surface area contributed by atoms with E-state index in [-0.39, 0.29) is 34.7 Å². The van der Waals surface area contributed by atoms with Crippen molar-refractivity contribution in [2.24, 2.45) is 5.92 Å². The molecule has 3 heterocycles. The van der Waals surface area contributed by atoms with Crippen LogP contribution in [0.2, 0.25) is 0 Å². The molecule has 0 radical (unpaired) electrons. The molecule has 33 heavy (non-hydrogen) atoms. The van der Waals surface area contributed by atoms with Crippen LogP contribution < -0.4 is 5.32 Å². The molecule has 2 fully saturated rings. The topological polar surface area (TPSA) is 120 Å². The molecular weight excluding hydrogens is 444 g/mol. The number of piperidine rings is 1. The molecule has 176 valence electrons. The van der Waals surface area contributed by atoms with Crippen molar-refractivity contribution in [3.05, 3.63) is 47.8 Å². The van der Waals surface area contributed by atoms with Crippen molar-refractivity contribution >= 4 is 33.3 Å². The lowest BCUT2D eigenvalue weighted by atomic mass is 9.98. The van der Waals surface area contributed by atoms with Crippen LogP contribution in [0.3, 0.4) is 0 Å². The summed E-state index contributed by atoms with van der Waals surface area (Å²) in [5.74, 6) is -1.01. The van der Waals surface area contributed by atoms with Crippen LogP contribution in [0.15, 0.2) is 41.4 Å². The highest BCUT2D eigenvalue weighted by Gasteiger charge is 2.34. The van der Waals surface area contributed by atoms with Gasteiger partial charge in [0.25, 0.3) is 5.91 Å². The summed E-state index contributed by atoms with van der Waals surface area (Å²) in [6.07, 6.45) is 4.39. The summed E-state index contributed by atoms with van der Waals surface area (Å²) < 4.78 is 27.7. The van der Waals surface area contributed by atoms with Crippen LogP contribution in [0.5, 0.6) is 0 Å². The Bertz CT molecular complexity index is 1150. The van der Waals surface area contributed by atoms with Crippen LogP contribution in [-0.2, 0) is 14.8 Å². The van der Waals surface area contributed by atoms with Crippen molar-refractivity contribution in [3.8, 4) is 0 Å². The van der Waals surface area contributed by atoms with Crippen LogP contribution in [0.25, 0.3) is 0 Å². The maximum atomic E-state index is 13.2. The van der Waals surface area contributed by atoms with E-state index in [9.17, 15) is 22.8 Å². The molecule has 2 aromatic rings. The number of nitrogens with one attached hydrogen (secondary N) is 2. The SMILES string of the molecule is CC(=O)c1ccc(NC(=O)C2CCCN(S(=O)(=O)c3c[nH]c(C(=O)N4CCCC4)c3)C2)cc1. The number of amides is 2. The second kappa shape index (κ2) is 9.48. The number of Topliss-reactive ketones (excluding diaryl/α,β-unsaturated/α-hetero) is 1. The second-order valence-corrected chi connectivity index (χ2v) is 10.5. The van der Waals surface area contributed by atoms with Crippen LogP contribution in [0.1, 0.15) is 53.5 Å². The van der Waals surface area contributed by atoms with E-state index >= 15 is 0 Å². The molecule has 9 nitrogen and oxygen atoms in total. The van der Waals surface area contributed by atoms with Gasteiger partial charge in [0.2, 0.25) is 15.9 Å². The Morgan fingerprint density at radius 3 is 2.39 bits per heavy atom. The zero-order valence-corrected chi connectivity index (χ0v) is 19.4. The van der Waals surface area contributed by atoms with Crippen molar-refractivity contribution in [2.45, 2.75) is 37.5 Å². The number of anilines is 1. The van der Waals surface area contributed by atoms with Crippen LogP contribution >= 0.6 is 0 Å². The fraction of sp³-hybridized carbons (Fsp3) is 0.435. The summed E-state index contributed by atoms with van der Waals surface area (Å²) in [5.41, 5.74) is 1.37. The summed E-state index contributed by atoms with van der Waals surface area (Å²) in [6.45, 7) is 3.22. The lowest BCUT2D eigenvalue weighted by molar-refractivity contribution is -0.120. The summed E-state index contributed by atoms with van der Waals surface area (Å²) in [7, 11) is -3.84. The molecule has 1 unspecified atom stereocenters. The Hall–Kier alpha value is -2.98. The molecule has 1 aromatic heterocycles. The standard InChI is InChI=1S/C23H28N4O5S/c1-16(28)17-6-8-19(9-7-17)25-22(29)18-5-4-12-27(15-18)33(31,32)20-13-21(24-14-20)23(30)26-10-2-3-11-26/h6-9,13-14,18,24H,2-5,10-12,15H2,1H3,(H,25,29). The number of nitrogens with zero attached hydrogens (tertiary/aromatic N) is 2. The van der Waals surface area contributed by atoms with Gasteiger partial charge in [-0.1, -0.05) is 0 Å². The lowest BCUT2D eigenvalue weighted by Gasteiger charge is -2.31. The number of benzene rings is 1. The zero-order chi connectivity index (χ0) is 23.6. The highest BCUT2D eigenvalue weighted by molar-refractivity contribution is 7.89. The second-order valence-electron chi connectivity index (χ2n) is 8.57. The molecule has 0 aliphatic carbocycles. The Kier molecular flexibility index (Phi) is 6.66. The van der Waals surface area contributed by atoms with E-state index in [0.29, 0.717) is 43.7 Å². The Morgan fingerprint density at radius 2 is 1.73 bits per heavy atom. The third-order valence-electron chi connectivity index (χ3n) is 6.23. The predicted molar refractivity (Wildman–Crippen MR) is 122 cm³/mol. The molecule has 1 atom stereocenters. The van der Waals surface area contributed by atoms with Gasteiger partial charge in [0, 0.05) is 43.6 Å². The van der Waals surface area contributed by atoms with Crippen molar-refractivity contribution in [2.75, 3.05) is 31.5 Å². The number of carbonyl (C=O) groups excluding carboxylic acids is 3. The quantitative estimate of drug-likeness (QED) is 0.626. The highest BCUT2D eigenvalue weighted by Crippen LogP contribution is 2.26. The Balaban J connectivity index is 1.42. The monoisotopic (exact) mass is 472 g/mol. The largest absolute Gasteiger partial charge is 0.356 e. The zero-order valence-electron chi connectivity index (χ0n) is 18.5. The predicted octanol–water partition coefficient (Wildman–Crippen LogP) is 2.49. The first kappa shape index (κ1) is 23.2. The molecule has 2 aliphatic heterocycles.